The lowest BCUT2D eigenvalue weighted by molar-refractivity contribution is 0.0310. The molecule has 0 spiro atoms. The summed E-state index contributed by atoms with van der Waals surface area (Å²) in [5.41, 5.74) is 1.09. The molecule has 1 aromatic carbocycles. The van der Waals surface area contributed by atoms with E-state index in [0.29, 0.717) is 13.1 Å². The number of fused-ring (bicyclic) bond motifs is 1. The summed E-state index contributed by atoms with van der Waals surface area (Å²) in [6.07, 6.45) is 4.60. The minimum absolute atomic E-state index is 0.129. The third-order valence-electron chi connectivity index (χ3n) is 5.22. The highest BCUT2D eigenvalue weighted by Gasteiger charge is 2.29. The molecule has 0 aliphatic carbocycles. The van der Waals surface area contributed by atoms with Gasteiger partial charge < -0.3 is 14.4 Å². The average molecular weight is 359 g/mol. The third-order valence-corrected chi connectivity index (χ3v) is 6.48. The molecule has 2 aliphatic heterocycles. The van der Waals surface area contributed by atoms with Crippen molar-refractivity contribution in [2.45, 2.75) is 44.8 Å². The number of nitrogens with zero attached hydrogens (tertiary/aromatic N) is 1. The molecule has 1 amide bonds. The zero-order valence-corrected chi connectivity index (χ0v) is 15.5. The van der Waals surface area contributed by atoms with Crippen molar-refractivity contribution in [1.82, 2.24) is 4.90 Å². The van der Waals surface area contributed by atoms with Gasteiger partial charge in [0.15, 0.2) is 0 Å². The molecule has 2 aliphatic rings. The number of benzene rings is 1. The summed E-state index contributed by atoms with van der Waals surface area (Å²) < 4.78 is 12.8. The second-order valence-corrected chi connectivity index (χ2v) is 8.08. The summed E-state index contributed by atoms with van der Waals surface area (Å²) in [6, 6.07) is 8.26. The molecule has 2 aromatic rings. The highest BCUT2D eigenvalue weighted by Crippen LogP contribution is 2.32. The molecule has 134 valence electrons. The molecule has 1 aromatic heterocycles. The van der Waals surface area contributed by atoms with Crippen molar-refractivity contribution < 1.29 is 14.3 Å². The van der Waals surface area contributed by atoms with E-state index in [-0.39, 0.29) is 18.1 Å². The maximum Gasteiger partial charge on any atom is 0.264 e. The van der Waals surface area contributed by atoms with Gasteiger partial charge in [-0.3, -0.25) is 4.79 Å². The number of hydrogen-bond acceptors (Lipinski definition) is 4. The topological polar surface area (TPSA) is 38.8 Å². The molecule has 4 rings (SSSR count). The Labute approximate surface area is 152 Å². The van der Waals surface area contributed by atoms with Gasteiger partial charge in [-0.2, -0.15) is 0 Å². The molecule has 0 N–H and O–H groups in total. The fourth-order valence-corrected chi connectivity index (χ4v) is 5.01. The van der Waals surface area contributed by atoms with E-state index in [9.17, 15) is 4.79 Å². The molecular formula is C20H25NO3S. The average Bonchev–Trinajstić information content (AvgIpc) is 3.36. The summed E-state index contributed by atoms with van der Waals surface area (Å²) >= 11 is 1.60. The van der Waals surface area contributed by atoms with Gasteiger partial charge in [0.2, 0.25) is 0 Å². The third kappa shape index (κ3) is 3.59. The first-order chi connectivity index (χ1) is 12.2. The van der Waals surface area contributed by atoms with Crippen LogP contribution in [0.3, 0.4) is 0 Å². The lowest BCUT2D eigenvalue weighted by Crippen LogP contribution is -2.41. The van der Waals surface area contributed by atoms with Crippen molar-refractivity contribution >= 4 is 27.3 Å². The molecule has 3 heterocycles. The Balaban J connectivity index is 1.59. The molecule has 5 heteroatoms. The van der Waals surface area contributed by atoms with Crippen molar-refractivity contribution in [3.63, 3.8) is 0 Å². The van der Waals surface area contributed by atoms with E-state index in [2.05, 4.69) is 19.1 Å². The van der Waals surface area contributed by atoms with Crippen LogP contribution in [0.2, 0.25) is 0 Å². The summed E-state index contributed by atoms with van der Waals surface area (Å²) in [4.78, 5) is 16.2. The van der Waals surface area contributed by atoms with Crippen LogP contribution in [-0.4, -0.2) is 49.3 Å². The molecule has 0 bridgehead atoms. The SMILES string of the molecule is Cc1c(C(=O)N(C[C@@H]2CCCO2)C[C@@H]2CCCO2)sc2ccccc12. The number of aryl methyl sites for hydroxylation is 1. The number of ether oxygens (including phenoxy) is 2. The van der Waals surface area contributed by atoms with Gasteiger partial charge >= 0.3 is 0 Å². The maximum absolute atomic E-state index is 13.3. The van der Waals surface area contributed by atoms with Crippen LogP contribution in [0.5, 0.6) is 0 Å². The van der Waals surface area contributed by atoms with Gasteiger partial charge in [-0.25, -0.2) is 0 Å². The second kappa shape index (κ2) is 7.44. The summed E-state index contributed by atoms with van der Waals surface area (Å²) in [6.45, 7) is 5.03. The van der Waals surface area contributed by atoms with Gasteiger partial charge in [0.25, 0.3) is 5.91 Å². The van der Waals surface area contributed by atoms with Crippen LogP contribution in [-0.2, 0) is 9.47 Å². The zero-order valence-electron chi connectivity index (χ0n) is 14.7. The second-order valence-electron chi connectivity index (χ2n) is 7.03. The minimum Gasteiger partial charge on any atom is -0.376 e. The summed E-state index contributed by atoms with van der Waals surface area (Å²) in [5, 5.41) is 1.19. The highest BCUT2D eigenvalue weighted by molar-refractivity contribution is 7.21. The Kier molecular flexibility index (Phi) is 5.06. The van der Waals surface area contributed by atoms with E-state index >= 15 is 0 Å². The van der Waals surface area contributed by atoms with Gasteiger partial charge in [-0.05, 0) is 49.6 Å². The number of hydrogen-bond donors (Lipinski definition) is 0. The van der Waals surface area contributed by atoms with Crippen LogP contribution in [0.15, 0.2) is 24.3 Å². The molecule has 25 heavy (non-hydrogen) atoms. The number of carbonyl (C=O) groups excluding carboxylic acids is 1. The van der Waals surface area contributed by atoms with Crippen molar-refractivity contribution in [1.29, 1.82) is 0 Å². The van der Waals surface area contributed by atoms with Crippen LogP contribution in [0.1, 0.15) is 40.9 Å². The lowest BCUT2D eigenvalue weighted by atomic mass is 10.1. The number of thiophene rings is 1. The smallest absolute Gasteiger partial charge is 0.264 e. The van der Waals surface area contributed by atoms with E-state index in [1.165, 1.54) is 10.1 Å². The first-order valence-corrected chi connectivity index (χ1v) is 10.0. The minimum atomic E-state index is 0.129. The molecule has 0 saturated carbocycles. The Hall–Kier alpha value is -1.43. The molecule has 0 radical (unpaired) electrons. The van der Waals surface area contributed by atoms with Crippen LogP contribution in [0.25, 0.3) is 10.1 Å². The summed E-state index contributed by atoms with van der Waals surface area (Å²) in [5.74, 6) is 0.129. The predicted molar refractivity (Wildman–Crippen MR) is 100 cm³/mol. The van der Waals surface area contributed by atoms with Gasteiger partial charge in [-0.1, -0.05) is 18.2 Å². The predicted octanol–water partition coefficient (Wildman–Crippen LogP) is 4.01. The Bertz CT molecular complexity index is 726. The van der Waals surface area contributed by atoms with Gasteiger partial charge in [-0.15, -0.1) is 11.3 Å². The van der Waals surface area contributed by atoms with Crippen LogP contribution in [0.4, 0.5) is 0 Å². The van der Waals surface area contributed by atoms with Crippen LogP contribution < -0.4 is 0 Å². The lowest BCUT2D eigenvalue weighted by Gasteiger charge is -2.27. The molecule has 4 nitrogen and oxygen atoms in total. The van der Waals surface area contributed by atoms with Gasteiger partial charge in [0.1, 0.15) is 0 Å². The Morgan fingerprint density at radius 3 is 2.32 bits per heavy atom. The number of amides is 1. The maximum atomic E-state index is 13.3. The molecule has 0 unspecified atom stereocenters. The molecular weight excluding hydrogens is 334 g/mol. The Morgan fingerprint density at radius 1 is 1.12 bits per heavy atom. The normalized spacial score (nSPS) is 23.4. The van der Waals surface area contributed by atoms with E-state index in [1.54, 1.807) is 11.3 Å². The van der Waals surface area contributed by atoms with Crippen LogP contribution >= 0.6 is 11.3 Å². The largest absolute Gasteiger partial charge is 0.376 e. The quantitative estimate of drug-likeness (QED) is 0.810. The van der Waals surface area contributed by atoms with Gasteiger partial charge in [0.05, 0.1) is 17.1 Å². The Morgan fingerprint density at radius 2 is 1.76 bits per heavy atom. The van der Waals surface area contributed by atoms with E-state index in [4.69, 9.17) is 9.47 Å². The number of carbonyl (C=O) groups is 1. The van der Waals surface area contributed by atoms with Crippen molar-refractivity contribution in [3.05, 3.63) is 34.7 Å². The fraction of sp³-hybridized carbons (Fsp3) is 0.550. The zero-order chi connectivity index (χ0) is 17.2. The fourth-order valence-electron chi connectivity index (χ4n) is 3.83. The van der Waals surface area contributed by atoms with Gasteiger partial charge in [0, 0.05) is 31.0 Å². The highest BCUT2D eigenvalue weighted by atomic mass is 32.1. The number of rotatable bonds is 5. The van der Waals surface area contributed by atoms with E-state index < -0.39 is 0 Å². The van der Waals surface area contributed by atoms with Crippen molar-refractivity contribution in [2.75, 3.05) is 26.3 Å². The molecule has 2 saturated heterocycles. The van der Waals surface area contributed by atoms with Crippen molar-refractivity contribution in [2.24, 2.45) is 0 Å². The monoisotopic (exact) mass is 359 g/mol. The van der Waals surface area contributed by atoms with Crippen molar-refractivity contribution in [3.8, 4) is 0 Å². The van der Waals surface area contributed by atoms with Crippen LogP contribution in [0, 0.1) is 6.92 Å². The first-order valence-electron chi connectivity index (χ1n) is 9.23. The van der Waals surface area contributed by atoms with E-state index in [1.807, 2.05) is 17.0 Å². The standard InChI is InChI=1S/C20H25NO3S/c1-14-17-8-2-3-9-18(17)25-19(14)20(22)21(12-15-6-4-10-23-15)13-16-7-5-11-24-16/h2-3,8-9,15-16H,4-7,10-13H2,1H3/t15-,16-/m0/s1. The molecule has 2 fully saturated rings. The summed E-state index contributed by atoms with van der Waals surface area (Å²) in [7, 11) is 0. The first kappa shape index (κ1) is 17.0. The van der Waals surface area contributed by atoms with E-state index in [0.717, 1.165) is 49.3 Å². The molecule has 2 atom stereocenters.